The molecule has 0 aliphatic heterocycles. The minimum absolute atomic E-state index is 0.664. The van der Waals surface area contributed by atoms with Crippen molar-refractivity contribution in [1.82, 2.24) is 19.5 Å². The molecule has 0 atom stereocenters. The molecule has 2 heterocycles. The molecule has 0 fully saturated rings. The molecule has 0 amide bonds. The molecule has 0 aliphatic rings. The molecular formula is C25H22N4O. The van der Waals surface area contributed by atoms with E-state index in [1.165, 1.54) is 5.56 Å². The summed E-state index contributed by atoms with van der Waals surface area (Å²) in [4.78, 5) is 14.1. The largest absolute Gasteiger partial charge is 0.493 e. The Kier molecular flexibility index (Phi) is 4.85. The van der Waals surface area contributed by atoms with Crippen LogP contribution in [0.5, 0.6) is 5.75 Å². The summed E-state index contributed by atoms with van der Waals surface area (Å²) in [7, 11) is 0. The number of nitrogens with zero attached hydrogens (tertiary/aromatic N) is 4. The second-order valence-corrected chi connectivity index (χ2v) is 7.30. The molecule has 0 unspecified atom stereocenters. The standard InChI is InChI=1S/C25H22N4O/c1-2-12-30-24-11-7-6-10-20(24)25-26-15-19-13-23-22(14-21(19)28-25)27-17-29(23)16-18-8-4-3-5-9-18/h3-11,13-15,17H,2,12,16H2,1H3. The Balaban J connectivity index is 1.54. The van der Waals surface area contributed by atoms with Crippen LogP contribution in [-0.4, -0.2) is 26.1 Å². The van der Waals surface area contributed by atoms with E-state index in [0.29, 0.717) is 12.4 Å². The van der Waals surface area contributed by atoms with Crippen LogP contribution in [0.2, 0.25) is 0 Å². The highest BCUT2D eigenvalue weighted by Gasteiger charge is 2.11. The predicted octanol–water partition coefficient (Wildman–Crippen LogP) is 5.48. The third-order valence-electron chi connectivity index (χ3n) is 5.11. The Morgan fingerprint density at radius 3 is 2.60 bits per heavy atom. The molecule has 0 aliphatic carbocycles. The van der Waals surface area contributed by atoms with Gasteiger partial charge in [0.2, 0.25) is 0 Å². The van der Waals surface area contributed by atoms with E-state index in [-0.39, 0.29) is 0 Å². The van der Waals surface area contributed by atoms with Gasteiger partial charge in [-0.1, -0.05) is 49.4 Å². The first-order chi connectivity index (χ1) is 14.8. The van der Waals surface area contributed by atoms with Crippen LogP contribution in [0, 0.1) is 0 Å². The number of ether oxygens (including phenoxy) is 1. The van der Waals surface area contributed by atoms with Crippen LogP contribution in [-0.2, 0) is 6.54 Å². The van der Waals surface area contributed by atoms with E-state index >= 15 is 0 Å². The summed E-state index contributed by atoms with van der Waals surface area (Å²) in [6, 6.07) is 22.5. The number of fused-ring (bicyclic) bond motifs is 2. The van der Waals surface area contributed by atoms with Gasteiger partial charge in [0.25, 0.3) is 0 Å². The fourth-order valence-corrected chi connectivity index (χ4v) is 3.61. The Morgan fingerprint density at radius 1 is 0.900 bits per heavy atom. The van der Waals surface area contributed by atoms with Crippen LogP contribution in [0.15, 0.2) is 79.3 Å². The van der Waals surface area contributed by atoms with E-state index in [0.717, 1.165) is 46.2 Å². The van der Waals surface area contributed by atoms with Crippen LogP contribution in [0.4, 0.5) is 0 Å². The third-order valence-corrected chi connectivity index (χ3v) is 5.11. The third kappa shape index (κ3) is 3.50. The van der Waals surface area contributed by atoms with Crippen LogP contribution >= 0.6 is 0 Å². The Morgan fingerprint density at radius 2 is 1.73 bits per heavy atom. The molecule has 0 spiro atoms. The Bertz CT molecular complexity index is 1310. The first-order valence-corrected chi connectivity index (χ1v) is 10.2. The van der Waals surface area contributed by atoms with Crippen LogP contribution in [0.1, 0.15) is 18.9 Å². The lowest BCUT2D eigenvalue weighted by atomic mass is 10.1. The Hall–Kier alpha value is -3.73. The minimum atomic E-state index is 0.664. The fraction of sp³-hybridized carbons (Fsp3) is 0.160. The monoisotopic (exact) mass is 394 g/mol. The van der Waals surface area contributed by atoms with Crippen molar-refractivity contribution in [3.05, 3.63) is 84.8 Å². The van der Waals surface area contributed by atoms with Gasteiger partial charge in [0.05, 0.1) is 35.0 Å². The Labute approximate surface area is 175 Å². The SMILES string of the molecule is CCCOc1ccccc1-c1ncc2cc3c(cc2n1)ncn3Cc1ccccc1. The molecule has 3 aromatic carbocycles. The summed E-state index contributed by atoms with van der Waals surface area (Å²) in [6.07, 6.45) is 4.73. The number of hydrogen-bond acceptors (Lipinski definition) is 4. The van der Waals surface area contributed by atoms with Gasteiger partial charge in [-0.3, -0.25) is 0 Å². The zero-order valence-corrected chi connectivity index (χ0v) is 16.8. The fourth-order valence-electron chi connectivity index (χ4n) is 3.61. The highest BCUT2D eigenvalue weighted by molar-refractivity contribution is 5.93. The van der Waals surface area contributed by atoms with Gasteiger partial charge in [0.15, 0.2) is 5.82 Å². The smallest absolute Gasteiger partial charge is 0.163 e. The van der Waals surface area contributed by atoms with Crippen LogP contribution in [0.25, 0.3) is 33.3 Å². The highest BCUT2D eigenvalue weighted by Crippen LogP contribution is 2.29. The summed E-state index contributed by atoms with van der Waals surface area (Å²) in [5.41, 5.74) is 5.03. The maximum absolute atomic E-state index is 5.89. The molecule has 5 rings (SSSR count). The molecule has 0 radical (unpaired) electrons. The van der Waals surface area contributed by atoms with Gasteiger partial charge in [-0.05, 0) is 36.2 Å². The van der Waals surface area contributed by atoms with E-state index in [9.17, 15) is 0 Å². The summed E-state index contributed by atoms with van der Waals surface area (Å²) in [5.74, 6) is 1.48. The first-order valence-electron chi connectivity index (χ1n) is 10.2. The molecule has 5 nitrogen and oxygen atoms in total. The molecule has 0 N–H and O–H groups in total. The number of benzene rings is 3. The van der Waals surface area contributed by atoms with Crippen molar-refractivity contribution >= 4 is 21.9 Å². The number of rotatable bonds is 6. The van der Waals surface area contributed by atoms with Gasteiger partial charge in [0, 0.05) is 18.1 Å². The van der Waals surface area contributed by atoms with E-state index in [4.69, 9.17) is 9.72 Å². The molecule has 0 saturated carbocycles. The van der Waals surface area contributed by atoms with Gasteiger partial charge in [-0.2, -0.15) is 0 Å². The molecule has 2 aromatic heterocycles. The normalized spacial score (nSPS) is 11.2. The molecular weight excluding hydrogens is 372 g/mol. The van der Waals surface area contributed by atoms with Gasteiger partial charge in [-0.15, -0.1) is 0 Å². The van der Waals surface area contributed by atoms with Crippen molar-refractivity contribution in [2.24, 2.45) is 0 Å². The maximum Gasteiger partial charge on any atom is 0.163 e. The summed E-state index contributed by atoms with van der Waals surface area (Å²) in [5, 5.41) is 0.994. The van der Waals surface area contributed by atoms with Crippen molar-refractivity contribution in [3.8, 4) is 17.1 Å². The molecule has 5 heteroatoms. The van der Waals surface area contributed by atoms with Gasteiger partial charge in [-0.25, -0.2) is 15.0 Å². The van der Waals surface area contributed by atoms with Crippen molar-refractivity contribution in [1.29, 1.82) is 0 Å². The quantitative estimate of drug-likeness (QED) is 0.382. The van der Waals surface area contributed by atoms with Crippen LogP contribution < -0.4 is 4.74 Å². The molecule has 30 heavy (non-hydrogen) atoms. The molecule has 0 saturated heterocycles. The number of aromatic nitrogens is 4. The topological polar surface area (TPSA) is 52.8 Å². The summed E-state index contributed by atoms with van der Waals surface area (Å²) in [6.45, 7) is 3.55. The van der Waals surface area contributed by atoms with Gasteiger partial charge < -0.3 is 9.30 Å². The van der Waals surface area contributed by atoms with E-state index in [1.807, 2.05) is 48.9 Å². The lowest BCUT2D eigenvalue weighted by molar-refractivity contribution is 0.318. The molecule has 148 valence electrons. The minimum Gasteiger partial charge on any atom is -0.493 e. The predicted molar refractivity (Wildman–Crippen MR) is 120 cm³/mol. The van der Waals surface area contributed by atoms with E-state index in [2.05, 4.69) is 51.8 Å². The average Bonchev–Trinajstić information content (AvgIpc) is 3.18. The second kappa shape index (κ2) is 7.95. The first kappa shape index (κ1) is 18.3. The maximum atomic E-state index is 5.89. The number of para-hydroxylation sites is 1. The lowest BCUT2D eigenvalue weighted by Crippen LogP contribution is -1.99. The van der Waals surface area contributed by atoms with E-state index in [1.54, 1.807) is 0 Å². The number of imidazole rings is 1. The summed E-state index contributed by atoms with van der Waals surface area (Å²) < 4.78 is 8.05. The number of hydrogen-bond donors (Lipinski definition) is 0. The van der Waals surface area contributed by atoms with Gasteiger partial charge in [0.1, 0.15) is 5.75 Å². The van der Waals surface area contributed by atoms with Crippen molar-refractivity contribution in [2.45, 2.75) is 19.9 Å². The molecule has 5 aromatic rings. The van der Waals surface area contributed by atoms with E-state index < -0.39 is 0 Å². The zero-order valence-electron chi connectivity index (χ0n) is 16.8. The highest BCUT2D eigenvalue weighted by atomic mass is 16.5. The average molecular weight is 394 g/mol. The lowest BCUT2D eigenvalue weighted by Gasteiger charge is -2.10. The van der Waals surface area contributed by atoms with Crippen molar-refractivity contribution in [3.63, 3.8) is 0 Å². The second-order valence-electron chi connectivity index (χ2n) is 7.30. The van der Waals surface area contributed by atoms with Crippen LogP contribution in [0.3, 0.4) is 0 Å². The van der Waals surface area contributed by atoms with Gasteiger partial charge >= 0.3 is 0 Å². The van der Waals surface area contributed by atoms with Crippen molar-refractivity contribution in [2.75, 3.05) is 6.61 Å². The summed E-state index contributed by atoms with van der Waals surface area (Å²) >= 11 is 0. The van der Waals surface area contributed by atoms with Crippen molar-refractivity contribution < 1.29 is 4.74 Å². The zero-order chi connectivity index (χ0) is 20.3. The molecule has 0 bridgehead atoms.